The summed E-state index contributed by atoms with van der Waals surface area (Å²) in [6.07, 6.45) is 2.65. The van der Waals surface area contributed by atoms with Crippen LogP contribution in [0.3, 0.4) is 0 Å². The van der Waals surface area contributed by atoms with Crippen LogP contribution in [0.2, 0.25) is 0 Å². The van der Waals surface area contributed by atoms with E-state index in [-0.39, 0.29) is 0 Å². The number of rotatable bonds is 3. The highest BCUT2D eigenvalue weighted by Crippen LogP contribution is 2.54. The van der Waals surface area contributed by atoms with Crippen molar-refractivity contribution in [3.8, 4) is 0 Å². The van der Waals surface area contributed by atoms with Gasteiger partial charge in [0.2, 0.25) is 11.6 Å². The predicted molar refractivity (Wildman–Crippen MR) is 218 cm³/mol. The minimum absolute atomic E-state index is 0.357. The number of para-hydroxylation sites is 2. The van der Waals surface area contributed by atoms with Gasteiger partial charge in [0.1, 0.15) is 5.82 Å². The standard InChI is InChI=1S/C48H24F4N4O2/c49-39-37-38(40(50)42(52)41(39)51)46(58)33(45(37)57)21-22-36-55(43-29-15-5-1-11-25(29)23-26-12-2-6-16-30(26)43)47-48(54-35-20-10-9-19-34(35)53-47)56(36)44-31-17-7-3-13-27(31)24-28-14-4-8-18-32(28)44/h1-24H. The predicted octanol–water partition coefficient (Wildman–Crippen LogP) is 11.9. The van der Waals surface area contributed by atoms with Gasteiger partial charge in [0.25, 0.3) is 0 Å². The van der Waals surface area contributed by atoms with Crippen molar-refractivity contribution in [1.82, 2.24) is 9.97 Å². The van der Waals surface area contributed by atoms with E-state index < -0.39 is 51.5 Å². The lowest BCUT2D eigenvalue weighted by Gasteiger charge is -2.28. The van der Waals surface area contributed by atoms with E-state index in [9.17, 15) is 18.4 Å². The molecule has 0 amide bonds. The molecule has 10 heteroatoms. The Kier molecular flexibility index (Phi) is 7.18. The number of allylic oxidation sites excluding steroid dienone is 3. The van der Waals surface area contributed by atoms with Crippen molar-refractivity contribution in [1.29, 1.82) is 0 Å². The van der Waals surface area contributed by atoms with Gasteiger partial charge in [0, 0.05) is 21.5 Å². The van der Waals surface area contributed by atoms with Crippen LogP contribution in [0.5, 0.6) is 0 Å². The first kappa shape index (κ1) is 33.6. The first-order valence-electron chi connectivity index (χ1n) is 18.4. The zero-order valence-electron chi connectivity index (χ0n) is 30.0. The Balaban J connectivity index is 1.29. The lowest BCUT2D eigenvalue weighted by atomic mass is 9.99. The molecule has 8 aromatic carbocycles. The van der Waals surface area contributed by atoms with Crippen LogP contribution < -0.4 is 9.80 Å². The third-order valence-corrected chi connectivity index (χ3v) is 11.0. The fourth-order valence-electron chi connectivity index (χ4n) is 8.39. The Morgan fingerprint density at radius 2 is 0.776 bits per heavy atom. The third kappa shape index (κ3) is 4.65. The number of halogens is 4. The summed E-state index contributed by atoms with van der Waals surface area (Å²) < 4.78 is 59.2. The number of fused-ring (bicyclic) bond motifs is 7. The first-order chi connectivity index (χ1) is 28.3. The maximum atomic E-state index is 15.1. The molecule has 0 N–H and O–H groups in total. The summed E-state index contributed by atoms with van der Waals surface area (Å²) in [7, 11) is 0. The number of carbonyl (C=O) groups is 2. The molecule has 276 valence electrons. The normalized spacial score (nSPS) is 13.8. The molecule has 1 aliphatic heterocycles. The molecule has 0 saturated heterocycles. The molecule has 0 bridgehead atoms. The van der Waals surface area contributed by atoms with Gasteiger partial charge >= 0.3 is 0 Å². The molecule has 0 spiro atoms. The largest absolute Gasteiger partial charge is 0.288 e. The van der Waals surface area contributed by atoms with E-state index in [0.29, 0.717) is 39.9 Å². The van der Waals surface area contributed by atoms with Crippen LogP contribution in [-0.2, 0) is 0 Å². The minimum Gasteiger partial charge on any atom is -0.288 e. The summed E-state index contributed by atoms with van der Waals surface area (Å²) in [6.45, 7) is 0. The smallest absolute Gasteiger partial charge is 0.200 e. The van der Waals surface area contributed by atoms with Crippen LogP contribution in [0.15, 0.2) is 157 Å². The number of Topliss-reactive ketones (excluding diaryl/α,β-unsaturated/α-hetero) is 2. The number of nitrogens with zero attached hydrogens (tertiary/aromatic N) is 4. The monoisotopic (exact) mass is 764 g/mol. The van der Waals surface area contributed by atoms with Gasteiger partial charge in [-0.3, -0.25) is 19.4 Å². The van der Waals surface area contributed by atoms with E-state index in [1.54, 1.807) is 0 Å². The minimum atomic E-state index is -2.17. The molecule has 0 atom stereocenters. The summed E-state index contributed by atoms with van der Waals surface area (Å²) >= 11 is 0. The Morgan fingerprint density at radius 3 is 1.16 bits per heavy atom. The number of benzene rings is 8. The van der Waals surface area contributed by atoms with Gasteiger partial charge in [-0.1, -0.05) is 109 Å². The van der Waals surface area contributed by atoms with Crippen LogP contribution in [0, 0.1) is 23.3 Å². The van der Waals surface area contributed by atoms with Crippen molar-refractivity contribution in [2.75, 3.05) is 9.80 Å². The van der Waals surface area contributed by atoms with E-state index >= 15 is 8.78 Å². The summed E-state index contributed by atoms with van der Waals surface area (Å²) in [5.41, 5.74) is -0.338. The Hall–Kier alpha value is -7.72. The molecule has 0 fully saturated rings. The molecule has 0 radical (unpaired) electrons. The molecule has 2 aliphatic rings. The Bertz CT molecular complexity index is 3090. The zero-order chi connectivity index (χ0) is 39.4. The second kappa shape index (κ2) is 12.4. The van der Waals surface area contributed by atoms with Gasteiger partial charge in [-0.2, -0.15) is 0 Å². The molecule has 58 heavy (non-hydrogen) atoms. The Morgan fingerprint density at radius 1 is 0.431 bits per heavy atom. The van der Waals surface area contributed by atoms with Crippen molar-refractivity contribution >= 4 is 88.7 Å². The van der Waals surface area contributed by atoms with Gasteiger partial charge in [-0.05, 0) is 58.0 Å². The van der Waals surface area contributed by atoms with Gasteiger partial charge in [-0.15, -0.1) is 0 Å². The van der Waals surface area contributed by atoms with Crippen LogP contribution in [-0.4, -0.2) is 21.5 Å². The highest BCUT2D eigenvalue weighted by Gasteiger charge is 2.43. The molecule has 0 unspecified atom stereocenters. The van der Waals surface area contributed by atoms with Crippen LogP contribution >= 0.6 is 0 Å². The summed E-state index contributed by atoms with van der Waals surface area (Å²) in [5.74, 6) is -9.52. The maximum absolute atomic E-state index is 15.1. The van der Waals surface area contributed by atoms with Crippen molar-refractivity contribution < 1.29 is 27.2 Å². The number of hydrogen-bond donors (Lipinski definition) is 0. The van der Waals surface area contributed by atoms with Gasteiger partial charge in [0.05, 0.1) is 39.1 Å². The molecule has 1 aromatic heterocycles. The Labute approximate surface area is 326 Å². The second-order valence-electron chi connectivity index (χ2n) is 14.1. The number of ketones is 2. The van der Waals surface area contributed by atoms with E-state index in [1.165, 1.54) is 6.08 Å². The van der Waals surface area contributed by atoms with Crippen molar-refractivity contribution in [3.63, 3.8) is 0 Å². The highest BCUT2D eigenvalue weighted by molar-refractivity contribution is 6.39. The fourth-order valence-corrected chi connectivity index (χ4v) is 8.39. The van der Waals surface area contributed by atoms with Crippen molar-refractivity contribution in [2.24, 2.45) is 0 Å². The fraction of sp³-hybridized carbons (Fsp3) is 0. The van der Waals surface area contributed by atoms with Gasteiger partial charge < -0.3 is 0 Å². The van der Waals surface area contributed by atoms with E-state index in [2.05, 4.69) is 12.1 Å². The average Bonchev–Trinajstić information content (AvgIpc) is 3.69. The van der Waals surface area contributed by atoms with Gasteiger partial charge in [0.15, 0.2) is 34.9 Å². The average molecular weight is 765 g/mol. The summed E-state index contributed by atoms with van der Waals surface area (Å²) in [4.78, 5) is 41.8. The quantitative estimate of drug-likeness (QED) is 0.0446. The second-order valence-corrected chi connectivity index (χ2v) is 14.1. The molecule has 6 nitrogen and oxygen atoms in total. The molecular formula is C48H24F4N4O2. The van der Waals surface area contributed by atoms with E-state index in [1.807, 2.05) is 131 Å². The van der Waals surface area contributed by atoms with Crippen LogP contribution in [0.1, 0.15) is 20.7 Å². The summed E-state index contributed by atoms with van der Waals surface area (Å²) in [6, 6.07) is 43.1. The molecule has 11 rings (SSSR count). The molecule has 1 aliphatic carbocycles. The van der Waals surface area contributed by atoms with Crippen molar-refractivity contribution in [3.05, 3.63) is 191 Å². The molecule has 0 saturated carbocycles. The lowest BCUT2D eigenvalue weighted by Crippen LogP contribution is -2.23. The van der Waals surface area contributed by atoms with E-state index in [4.69, 9.17) is 9.97 Å². The van der Waals surface area contributed by atoms with Crippen LogP contribution in [0.25, 0.3) is 54.1 Å². The maximum Gasteiger partial charge on any atom is 0.200 e. The number of anilines is 4. The number of carbonyl (C=O) groups excluding carboxylic acids is 2. The zero-order valence-corrected chi connectivity index (χ0v) is 30.0. The highest BCUT2D eigenvalue weighted by atomic mass is 19.2. The third-order valence-electron chi connectivity index (χ3n) is 11.0. The first-order valence-corrected chi connectivity index (χ1v) is 18.4. The SMILES string of the molecule is O=C1C(=CC=C2N(c3c4ccccc4cc4ccccc34)c3nc4ccccc4nc3N2c2c3ccccc3cc3ccccc23)C(=O)c2c(F)c(F)c(F)c(F)c21. The number of aromatic nitrogens is 2. The van der Waals surface area contributed by atoms with Gasteiger partial charge in [-0.25, -0.2) is 27.5 Å². The number of hydrogen-bond acceptors (Lipinski definition) is 6. The topological polar surface area (TPSA) is 66.4 Å². The molecule has 2 heterocycles. The molecule has 9 aromatic rings. The van der Waals surface area contributed by atoms with Crippen LogP contribution in [0.4, 0.5) is 40.6 Å². The lowest BCUT2D eigenvalue weighted by molar-refractivity contribution is 0.0986. The summed E-state index contributed by atoms with van der Waals surface area (Å²) in [5, 5.41) is 7.08. The van der Waals surface area contributed by atoms with Crippen molar-refractivity contribution in [2.45, 2.75) is 0 Å². The van der Waals surface area contributed by atoms with E-state index in [0.717, 1.165) is 49.2 Å². The molecular weight excluding hydrogens is 741 g/mol.